The SMILES string of the molecule is CCCc1c(Cl)ncnc1NCCCNS(C)(=O)=O. The molecule has 0 spiro atoms. The minimum Gasteiger partial charge on any atom is -0.370 e. The normalized spacial score (nSPS) is 11.5. The average Bonchev–Trinajstić information content (AvgIpc) is 2.31. The Hall–Kier alpha value is -0.920. The van der Waals surface area contributed by atoms with Crippen LogP contribution in [0, 0.1) is 0 Å². The van der Waals surface area contributed by atoms with Crippen molar-refractivity contribution in [1.29, 1.82) is 0 Å². The maximum Gasteiger partial charge on any atom is 0.208 e. The Kier molecular flexibility index (Phi) is 6.47. The summed E-state index contributed by atoms with van der Waals surface area (Å²) in [4.78, 5) is 8.12. The number of hydrogen-bond acceptors (Lipinski definition) is 5. The topological polar surface area (TPSA) is 84.0 Å². The lowest BCUT2D eigenvalue weighted by atomic mass is 10.2. The van der Waals surface area contributed by atoms with Gasteiger partial charge in [0, 0.05) is 18.7 Å². The molecule has 2 N–H and O–H groups in total. The summed E-state index contributed by atoms with van der Waals surface area (Å²) in [6.45, 7) is 3.07. The van der Waals surface area contributed by atoms with E-state index in [1.54, 1.807) is 0 Å². The molecule has 0 bridgehead atoms. The van der Waals surface area contributed by atoms with Gasteiger partial charge in [-0.15, -0.1) is 0 Å². The van der Waals surface area contributed by atoms with E-state index in [4.69, 9.17) is 11.6 Å². The number of halogens is 1. The van der Waals surface area contributed by atoms with Crippen molar-refractivity contribution in [3.05, 3.63) is 17.0 Å². The average molecular weight is 307 g/mol. The molecular weight excluding hydrogens is 288 g/mol. The molecule has 0 saturated heterocycles. The predicted molar refractivity (Wildman–Crippen MR) is 77.0 cm³/mol. The molecule has 0 aliphatic heterocycles. The van der Waals surface area contributed by atoms with Crippen molar-refractivity contribution in [2.45, 2.75) is 26.2 Å². The van der Waals surface area contributed by atoms with Crippen LogP contribution >= 0.6 is 11.6 Å². The molecule has 108 valence electrons. The standard InChI is InChI=1S/C11H19ClN4O2S/c1-3-5-9-10(12)14-8-15-11(9)13-6-4-7-16-19(2,17)18/h8,16H,3-7H2,1-2H3,(H,13,14,15). The first-order chi connectivity index (χ1) is 8.94. The maximum absolute atomic E-state index is 10.9. The smallest absolute Gasteiger partial charge is 0.208 e. The molecule has 1 aromatic heterocycles. The summed E-state index contributed by atoms with van der Waals surface area (Å²) in [6, 6.07) is 0. The Morgan fingerprint density at radius 2 is 2.05 bits per heavy atom. The van der Waals surface area contributed by atoms with Crippen LogP contribution in [-0.2, 0) is 16.4 Å². The minimum absolute atomic E-state index is 0.397. The highest BCUT2D eigenvalue weighted by atomic mass is 35.5. The van der Waals surface area contributed by atoms with E-state index in [1.165, 1.54) is 6.33 Å². The van der Waals surface area contributed by atoms with Gasteiger partial charge in [0.05, 0.1) is 6.26 Å². The first-order valence-electron chi connectivity index (χ1n) is 6.12. The summed E-state index contributed by atoms with van der Waals surface area (Å²) in [5.41, 5.74) is 0.905. The summed E-state index contributed by atoms with van der Waals surface area (Å²) in [5, 5.41) is 3.62. The first-order valence-corrected chi connectivity index (χ1v) is 8.39. The van der Waals surface area contributed by atoms with Crippen LogP contribution in [0.15, 0.2) is 6.33 Å². The fraction of sp³-hybridized carbons (Fsp3) is 0.636. The van der Waals surface area contributed by atoms with Gasteiger partial charge in [-0.1, -0.05) is 24.9 Å². The number of nitrogens with one attached hydrogen (secondary N) is 2. The molecule has 0 aromatic carbocycles. The monoisotopic (exact) mass is 306 g/mol. The number of hydrogen-bond donors (Lipinski definition) is 2. The summed E-state index contributed by atoms with van der Waals surface area (Å²) >= 11 is 6.03. The predicted octanol–water partition coefficient (Wildman–Crippen LogP) is 1.43. The van der Waals surface area contributed by atoms with Crippen LogP contribution in [0.25, 0.3) is 0 Å². The van der Waals surface area contributed by atoms with E-state index in [9.17, 15) is 8.42 Å². The molecule has 0 aliphatic rings. The van der Waals surface area contributed by atoms with E-state index in [2.05, 4.69) is 26.9 Å². The largest absolute Gasteiger partial charge is 0.370 e. The van der Waals surface area contributed by atoms with Crippen LogP contribution in [0.5, 0.6) is 0 Å². The maximum atomic E-state index is 10.9. The Morgan fingerprint density at radius 3 is 2.68 bits per heavy atom. The molecule has 0 amide bonds. The molecule has 1 rings (SSSR count). The van der Waals surface area contributed by atoms with Gasteiger partial charge in [0.1, 0.15) is 17.3 Å². The molecule has 1 aromatic rings. The van der Waals surface area contributed by atoms with E-state index in [-0.39, 0.29) is 0 Å². The van der Waals surface area contributed by atoms with E-state index in [0.29, 0.717) is 24.7 Å². The van der Waals surface area contributed by atoms with Gasteiger partial charge in [-0.2, -0.15) is 0 Å². The summed E-state index contributed by atoms with van der Waals surface area (Å²) in [6.07, 6.45) is 4.99. The molecule has 0 radical (unpaired) electrons. The number of aromatic nitrogens is 2. The van der Waals surface area contributed by atoms with Crippen LogP contribution in [-0.4, -0.2) is 37.7 Å². The molecule has 0 fully saturated rings. The highest BCUT2D eigenvalue weighted by molar-refractivity contribution is 7.88. The van der Waals surface area contributed by atoms with E-state index in [0.717, 1.165) is 30.5 Å². The second kappa shape index (κ2) is 7.62. The second-order valence-electron chi connectivity index (χ2n) is 4.19. The summed E-state index contributed by atoms with van der Waals surface area (Å²) < 4.78 is 24.2. The van der Waals surface area contributed by atoms with Gasteiger partial charge < -0.3 is 5.32 Å². The van der Waals surface area contributed by atoms with Crippen LogP contribution in [0.2, 0.25) is 5.15 Å². The quantitative estimate of drug-likeness (QED) is 0.561. The second-order valence-corrected chi connectivity index (χ2v) is 6.38. The first kappa shape index (κ1) is 16.1. The Bertz CT molecular complexity index is 507. The van der Waals surface area contributed by atoms with Crippen molar-refractivity contribution in [2.75, 3.05) is 24.7 Å². The number of rotatable bonds is 8. The Labute approximate surface area is 119 Å². The van der Waals surface area contributed by atoms with Gasteiger partial charge >= 0.3 is 0 Å². The number of sulfonamides is 1. The van der Waals surface area contributed by atoms with Crippen LogP contribution in [0.3, 0.4) is 0 Å². The van der Waals surface area contributed by atoms with Gasteiger partial charge in [-0.25, -0.2) is 23.1 Å². The molecule has 19 heavy (non-hydrogen) atoms. The zero-order valence-electron chi connectivity index (χ0n) is 11.1. The molecule has 0 atom stereocenters. The van der Waals surface area contributed by atoms with Crippen molar-refractivity contribution in [1.82, 2.24) is 14.7 Å². The van der Waals surface area contributed by atoms with Gasteiger partial charge in [-0.05, 0) is 12.8 Å². The Balaban J connectivity index is 2.47. The number of anilines is 1. The lowest BCUT2D eigenvalue weighted by Crippen LogP contribution is -2.24. The van der Waals surface area contributed by atoms with Crippen LogP contribution in [0.4, 0.5) is 5.82 Å². The minimum atomic E-state index is -3.12. The molecule has 0 aliphatic carbocycles. The van der Waals surface area contributed by atoms with Crippen molar-refractivity contribution < 1.29 is 8.42 Å². The van der Waals surface area contributed by atoms with Crippen molar-refractivity contribution >= 4 is 27.4 Å². The molecule has 0 saturated carbocycles. The highest BCUT2D eigenvalue weighted by Gasteiger charge is 2.08. The van der Waals surface area contributed by atoms with Crippen molar-refractivity contribution in [3.8, 4) is 0 Å². The van der Waals surface area contributed by atoms with Gasteiger partial charge in [-0.3, -0.25) is 0 Å². The zero-order chi connectivity index (χ0) is 14.3. The van der Waals surface area contributed by atoms with Gasteiger partial charge in [0.25, 0.3) is 0 Å². The van der Waals surface area contributed by atoms with E-state index < -0.39 is 10.0 Å². The van der Waals surface area contributed by atoms with Crippen molar-refractivity contribution in [2.24, 2.45) is 0 Å². The van der Waals surface area contributed by atoms with Crippen LogP contribution in [0.1, 0.15) is 25.3 Å². The molecule has 6 nitrogen and oxygen atoms in total. The third-order valence-corrected chi connectivity index (χ3v) is 3.46. The summed E-state index contributed by atoms with van der Waals surface area (Å²) in [5.74, 6) is 0.723. The molecule has 8 heteroatoms. The van der Waals surface area contributed by atoms with Crippen LogP contribution < -0.4 is 10.0 Å². The highest BCUT2D eigenvalue weighted by Crippen LogP contribution is 2.21. The lowest BCUT2D eigenvalue weighted by molar-refractivity contribution is 0.586. The molecular formula is C11H19ClN4O2S. The fourth-order valence-electron chi connectivity index (χ4n) is 1.57. The third-order valence-electron chi connectivity index (χ3n) is 2.40. The van der Waals surface area contributed by atoms with Gasteiger partial charge in [0.15, 0.2) is 0 Å². The molecule has 1 heterocycles. The van der Waals surface area contributed by atoms with Crippen molar-refractivity contribution in [3.63, 3.8) is 0 Å². The fourth-order valence-corrected chi connectivity index (χ4v) is 2.31. The summed E-state index contributed by atoms with van der Waals surface area (Å²) in [7, 11) is -3.12. The van der Waals surface area contributed by atoms with Gasteiger partial charge in [0.2, 0.25) is 10.0 Å². The van der Waals surface area contributed by atoms with E-state index >= 15 is 0 Å². The molecule has 0 unspecified atom stereocenters. The number of nitrogens with zero attached hydrogens (tertiary/aromatic N) is 2. The Morgan fingerprint density at radius 1 is 1.32 bits per heavy atom. The third kappa shape index (κ3) is 6.17. The zero-order valence-corrected chi connectivity index (χ0v) is 12.7. The lowest BCUT2D eigenvalue weighted by Gasteiger charge is -2.11. The van der Waals surface area contributed by atoms with E-state index in [1.807, 2.05) is 0 Å².